The van der Waals surface area contributed by atoms with Gasteiger partial charge in [-0.25, -0.2) is 4.79 Å². The van der Waals surface area contributed by atoms with Crippen LogP contribution in [0.25, 0.3) is 0 Å². The standard InChI is InChI=1S/C15H16N2O3/c1-8(18)16-9-5-6-13-12(7-9)10-3-2-4-11(10)14(17-13)15(19)20/h2-3,5-7,10-11,14,17H,4H2,1H3,(H,16,18)(H,19,20)/t10-,11+,14-/m1/s1. The number of allylic oxidation sites excluding steroid dienone is 2. The van der Waals surface area contributed by atoms with E-state index in [1.807, 2.05) is 18.2 Å². The summed E-state index contributed by atoms with van der Waals surface area (Å²) in [6.45, 7) is 1.47. The highest BCUT2D eigenvalue weighted by Gasteiger charge is 2.40. The van der Waals surface area contributed by atoms with Crippen molar-refractivity contribution < 1.29 is 14.7 Å². The molecule has 1 aliphatic carbocycles. The molecule has 0 unspecified atom stereocenters. The summed E-state index contributed by atoms with van der Waals surface area (Å²) in [5.74, 6) is -0.801. The molecule has 5 heteroatoms. The maximum atomic E-state index is 11.4. The average Bonchev–Trinajstić information content (AvgIpc) is 2.86. The third kappa shape index (κ3) is 2.05. The number of carboxylic acids is 1. The predicted molar refractivity (Wildman–Crippen MR) is 75.8 cm³/mol. The smallest absolute Gasteiger partial charge is 0.326 e. The monoisotopic (exact) mass is 272 g/mol. The van der Waals surface area contributed by atoms with Crippen LogP contribution in [0.15, 0.2) is 30.4 Å². The lowest BCUT2D eigenvalue weighted by molar-refractivity contribution is -0.139. The number of aliphatic carboxylic acids is 1. The number of benzene rings is 1. The highest BCUT2D eigenvalue weighted by molar-refractivity contribution is 5.89. The first kappa shape index (κ1) is 12.7. The maximum absolute atomic E-state index is 11.4. The van der Waals surface area contributed by atoms with E-state index in [1.165, 1.54) is 6.92 Å². The van der Waals surface area contributed by atoms with Gasteiger partial charge in [0.15, 0.2) is 0 Å². The summed E-state index contributed by atoms with van der Waals surface area (Å²) >= 11 is 0. The van der Waals surface area contributed by atoms with E-state index in [0.29, 0.717) is 0 Å². The Bertz CT molecular complexity index is 609. The van der Waals surface area contributed by atoms with Crippen molar-refractivity contribution in [3.05, 3.63) is 35.9 Å². The highest BCUT2D eigenvalue weighted by Crippen LogP contribution is 2.45. The highest BCUT2D eigenvalue weighted by atomic mass is 16.4. The first-order chi connectivity index (χ1) is 9.56. The summed E-state index contributed by atoms with van der Waals surface area (Å²) in [6.07, 6.45) is 4.86. The van der Waals surface area contributed by atoms with Crippen molar-refractivity contribution in [2.24, 2.45) is 5.92 Å². The number of rotatable bonds is 2. The quantitative estimate of drug-likeness (QED) is 0.721. The Balaban J connectivity index is 2.00. The number of hydrogen-bond donors (Lipinski definition) is 3. The SMILES string of the molecule is CC(=O)Nc1ccc2c(c1)[C@@H]1C=CC[C@@H]1[C@H](C(=O)O)N2. The Kier molecular flexibility index (Phi) is 2.97. The van der Waals surface area contributed by atoms with Crippen molar-refractivity contribution in [1.82, 2.24) is 0 Å². The summed E-state index contributed by atoms with van der Waals surface area (Å²) in [7, 11) is 0. The molecule has 0 radical (unpaired) electrons. The summed E-state index contributed by atoms with van der Waals surface area (Å²) in [5, 5.41) is 15.2. The molecule has 0 bridgehead atoms. The predicted octanol–water partition coefficient (Wildman–Crippen LogP) is 2.18. The molecule has 5 nitrogen and oxygen atoms in total. The minimum absolute atomic E-state index is 0.0348. The summed E-state index contributed by atoms with van der Waals surface area (Å²) < 4.78 is 0. The zero-order chi connectivity index (χ0) is 14.3. The average molecular weight is 272 g/mol. The van der Waals surface area contributed by atoms with Crippen LogP contribution in [0.5, 0.6) is 0 Å². The minimum Gasteiger partial charge on any atom is -0.480 e. The normalized spacial score (nSPS) is 26.4. The maximum Gasteiger partial charge on any atom is 0.326 e. The Morgan fingerprint density at radius 1 is 1.40 bits per heavy atom. The first-order valence-electron chi connectivity index (χ1n) is 6.64. The molecule has 3 atom stereocenters. The Morgan fingerprint density at radius 2 is 2.20 bits per heavy atom. The van der Waals surface area contributed by atoms with Crippen molar-refractivity contribution in [1.29, 1.82) is 0 Å². The molecule has 0 spiro atoms. The topological polar surface area (TPSA) is 78.4 Å². The van der Waals surface area contributed by atoms with Crippen molar-refractivity contribution in [3.8, 4) is 0 Å². The van der Waals surface area contributed by atoms with Gasteiger partial charge in [0, 0.05) is 30.1 Å². The summed E-state index contributed by atoms with van der Waals surface area (Å²) in [6, 6.07) is 4.98. The second kappa shape index (κ2) is 4.67. The molecule has 0 saturated carbocycles. The van der Waals surface area contributed by atoms with Crippen LogP contribution in [-0.4, -0.2) is 23.0 Å². The minimum atomic E-state index is -0.819. The molecule has 1 aromatic carbocycles. The fourth-order valence-corrected chi connectivity index (χ4v) is 3.12. The van der Waals surface area contributed by atoms with Crippen LogP contribution in [0, 0.1) is 5.92 Å². The van der Waals surface area contributed by atoms with Gasteiger partial charge in [0.25, 0.3) is 0 Å². The summed E-state index contributed by atoms with van der Waals surface area (Å²) in [4.78, 5) is 22.5. The van der Waals surface area contributed by atoms with Crippen LogP contribution < -0.4 is 10.6 Å². The molecule has 0 saturated heterocycles. The second-order valence-corrected chi connectivity index (χ2v) is 5.30. The molecule has 1 amide bonds. The van der Waals surface area contributed by atoms with Gasteiger partial charge in [0.05, 0.1) is 0 Å². The van der Waals surface area contributed by atoms with Gasteiger partial charge in [-0.15, -0.1) is 0 Å². The third-order valence-corrected chi connectivity index (χ3v) is 3.95. The molecule has 104 valence electrons. The number of carbonyl (C=O) groups excluding carboxylic acids is 1. The van der Waals surface area contributed by atoms with Gasteiger partial charge in [0.1, 0.15) is 6.04 Å². The van der Waals surface area contributed by atoms with Crippen LogP contribution >= 0.6 is 0 Å². The molecular formula is C15H16N2O3. The van der Waals surface area contributed by atoms with E-state index in [-0.39, 0.29) is 17.7 Å². The van der Waals surface area contributed by atoms with Crippen molar-refractivity contribution in [3.63, 3.8) is 0 Å². The number of hydrogen-bond acceptors (Lipinski definition) is 3. The van der Waals surface area contributed by atoms with Gasteiger partial charge in [-0.2, -0.15) is 0 Å². The Labute approximate surface area is 116 Å². The van der Waals surface area contributed by atoms with Crippen LogP contribution in [0.4, 0.5) is 11.4 Å². The van der Waals surface area contributed by atoms with Gasteiger partial charge < -0.3 is 15.7 Å². The largest absolute Gasteiger partial charge is 0.480 e. The molecule has 3 N–H and O–H groups in total. The molecule has 0 fully saturated rings. The summed E-state index contributed by atoms with van der Waals surface area (Å²) in [5.41, 5.74) is 2.62. The molecule has 1 aromatic rings. The first-order valence-corrected chi connectivity index (χ1v) is 6.64. The van der Waals surface area contributed by atoms with Crippen LogP contribution in [0.2, 0.25) is 0 Å². The van der Waals surface area contributed by atoms with Gasteiger partial charge in [-0.1, -0.05) is 12.2 Å². The fraction of sp³-hybridized carbons (Fsp3) is 0.333. The van der Waals surface area contributed by atoms with E-state index in [4.69, 9.17) is 0 Å². The van der Waals surface area contributed by atoms with Gasteiger partial charge in [-0.05, 0) is 30.2 Å². The van der Waals surface area contributed by atoms with Crippen molar-refractivity contribution in [2.45, 2.75) is 25.3 Å². The van der Waals surface area contributed by atoms with Crippen LogP contribution in [-0.2, 0) is 9.59 Å². The Morgan fingerprint density at radius 3 is 2.90 bits per heavy atom. The third-order valence-electron chi connectivity index (χ3n) is 3.95. The number of nitrogens with one attached hydrogen (secondary N) is 2. The van der Waals surface area contributed by atoms with E-state index in [2.05, 4.69) is 16.7 Å². The second-order valence-electron chi connectivity index (χ2n) is 5.30. The van der Waals surface area contributed by atoms with E-state index >= 15 is 0 Å². The molecular weight excluding hydrogens is 256 g/mol. The molecule has 1 aliphatic heterocycles. The fourth-order valence-electron chi connectivity index (χ4n) is 3.12. The lowest BCUT2D eigenvalue weighted by atomic mass is 9.79. The van der Waals surface area contributed by atoms with Crippen molar-refractivity contribution >= 4 is 23.3 Å². The van der Waals surface area contributed by atoms with Gasteiger partial charge in [-0.3, -0.25) is 4.79 Å². The van der Waals surface area contributed by atoms with Gasteiger partial charge in [0.2, 0.25) is 5.91 Å². The molecule has 1 heterocycles. The number of carboxylic acid groups (broad SMARTS) is 1. The van der Waals surface area contributed by atoms with E-state index in [9.17, 15) is 14.7 Å². The lowest BCUT2D eigenvalue weighted by Gasteiger charge is -2.34. The van der Waals surface area contributed by atoms with Crippen LogP contribution in [0.1, 0.15) is 24.8 Å². The van der Waals surface area contributed by atoms with Crippen LogP contribution in [0.3, 0.4) is 0 Å². The zero-order valence-electron chi connectivity index (χ0n) is 11.1. The van der Waals surface area contributed by atoms with E-state index < -0.39 is 12.0 Å². The lowest BCUT2D eigenvalue weighted by Crippen LogP contribution is -2.41. The molecule has 0 aromatic heterocycles. The number of anilines is 2. The zero-order valence-corrected chi connectivity index (χ0v) is 11.1. The molecule has 3 rings (SSSR count). The number of fused-ring (bicyclic) bond motifs is 3. The molecule has 2 aliphatic rings. The molecule has 20 heavy (non-hydrogen) atoms. The number of carbonyl (C=O) groups is 2. The van der Waals surface area contributed by atoms with E-state index in [1.54, 1.807) is 6.07 Å². The number of amides is 1. The Hall–Kier alpha value is -2.30. The van der Waals surface area contributed by atoms with Crippen molar-refractivity contribution in [2.75, 3.05) is 10.6 Å². The van der Waals surface area contributed by atoms with Gasteiger partial charge >= 0.3 is 5.97 Å². The van der Waals surface area contributed by atoms with E-state index in [0.717, 1.165) is 23.4 Å².